The molecule has 62 valence electrons. The lowest BCUT2D eigenvalue weighted by atomic mass is 10.0. The summed E-state index contributed by atoms with van der Waals surface area (Å²) in [5.41, 5.74) is 5.72. The van der Waals surface area contributed by atoms with E-state index in [-0.39, 0.29) is 18.1 Å². The molecule has 0 spiro atoms. The highest BCUT2D eigenvalue weighted by Crippen LogP contribution is 2.17. The highest BCUT2D eigenvalue weighted by molar-refractivity contribution is 5.93. The van der Waals surface area contributed by atoms with Crippen molar-refractivity contribution >= 4 is 5.91 Å². The molecule has 0 radical (unpaired) electrons. The molecule has 0 saturated carbocycles. The van der Waals surface area contributed by atoms with Crippen molar-refractivity contribution in [1.82, 2.24) is 0 Å². The van der Waals surface area contributed by atoms with Gasteiger partial charge in [-0.05, 0) is 20.3 Å². The SMILES string of the molecule is CC1CC=C(C(N)=O)C(C)O1. The molecule has 2 atom stereocenters. The van der Waals surface area contributed by atoms with Crippen molar-refractivity contribution in [2.75, 3.05) is 0 Å². The van der Waals surface area contributed by atoms with Gasteiger partial charge in [-0.2, -0.15) is 0 Å². The molecule has 1 heterocycles. The van der Waals surface area contributed by atoms with E-state index in [0.717, 1.165) is 6.42 Å². The molecule has 2 N–H and O–H groups in total. The summed E-state index contributed by atoms with van der Waals surface area (Å²) >= 11 is 0. The minimum Gasteiger partial charge on any atom is -0.370 e. The number of primary amides is 1. The van der Waals surface area contributed by atoms with Crippen LogP contribution >= 0.6 is 0 Å². The van der Waals surface area contributed by atoms with Gasteiger partial charge in [-0.3, -0.25) is 4.79 Å². The minimum atomic E-state index is -0.371. The van der Waals surface area contributed by atoms with Crippen LogP contribution in [0.1, 0.15) is 20.3 Å². The van der Waals surface area contributed by atoms with Gasteiger partial charge >= 0.3 is 0 Å². The molecule has 0 saturated heterocycles. The van der Waals surface area contributed by atoms with Crippen LogP contribution in [-0.4, -0.2) is 18.1 Å². The van der Waals surface area contributed by atoms with Crippen LogP contribution in [-0.2, 0) is 9.53 Å². The fourth-order valence-corrected chi connectivity index (χ4v) is 1.24. The van der Waals surface area contributed by atoms with Crippen LogP contribution in [0.5, 0.6) is 0 Å². The zero-order valence-electron chi connectivity index (χ0n) is 6.83. The summed E-state index contributed by atoms with van der Waals surface area (Å²) in [5, 5.41) is 0. The Balaban J connectivity index is 2.72. The van der Waals surface area contributed by atoms with Gasteiger partial charge in [-0.15, -0.1) is 0 Å². The molecule has 0 bridgehead atoms. The average Bonchev–Trinajstić information content (AvgIpc) is 1.85. The van der Waals surface area contributed by atoms with Gasteiger partial charge in [0, 0.05) is 5.57 Å². The van der Waals surface area contributed by atoms with Crippen molar-refractivity contribution in [1.29, 1.82) is 0 Å². The molecule has 0 fully saturated rings. The minimum absolute atomic E-state index is 0.142. The van der Waals surface area contributed by atoms with Crippen LogP contribution in [0.15, 0.2) is 11.6 Å². The van der Waals surface area contributed by atoms with Gasteiger partial charge in [0.1, 0.15) is 0 Å². The Morgan fingerprint density at radius 1 is 1.73 bits per heavy atom. The molecule has 2 unspecified atom stereocenters. The van der Waals surface area contributed by atoms with E-state index in [2.05, 4.69) is 0 Å². The number of carbonyl (C=O) groups is 1. The zero-order chi connectivity index (χ0) is 8.43. The molecular weight excluding hydrogens is 142 g/mol. The van der Waals surface area contributed by atoms with E-state index in [9.17, 15) is 4.79 Å². The first-order valence-corrected chi connectivity index (χ1v) is 3.76. The maximum atomic E-state index is 10.7. The fraction of sp³-hybridized carbons (Fsp3) is 0.625. The van der Waals surface area contributed by atoms with Gasteiger partial charge in [0.2, 0.25) is 5.91 Å². The van der Waals surface area contributed by atoms with E-state index in [1.54, 1.807) is 0 Å². The first-order chi connectivity index (χ1) is 5.11. The van der Waals surface area contributed by atoms with Gasteiger partial charge in [0.25, 0.3) is 0 Å². The second-order valence-electron chi connectivity index (χ2n) is 2.85. The predicted molar refractivity (Wildman–Crippen MR) is 41.9 cm³/mol. The average molecular weight is 155 g/mol. The van der Waals surface area contributed by atoms with Crippen LogP contribution in [0.4, 0.5) is 0 Å². The Morgan fingerprint density at radius 2 is 2.36 bits per heavy atom. The maximum Gasteiger partial charge on any atom is 0.246 e. The third-order valence-corrected chi connectivity index (χ3v) is 1.83. The molecule has 0 aromatic carbocycles. The molecule has 1 rings (SSSR count). The largest absolute Gasteiger partial charge is 0.370 e. The first kappa shape index (κ1) is 8.27. The lowest BCUT2D eigenvalue weighted by molar-refractivity contribution is -0.116. The molecule has 1 aliphatic heterocycles. The smallest absolute Gasteiger partial charge is 0.246 e. The lowest BCUT2D eigenvalue weighted by Gasteiger charge is -2.24. The number of hydrogen-bond donors (Lipinski definition) is 1. The van der Waals surface area contributed by atoms with E-state index < -0.39 is 0 Å². The van der Waals surface area contributed by atoms with Crippen LogP contribution in [0.3, 0.4) is 0 Å². The number of ether oxygens (including phenoxy) is 1. The maximum absolute atomic E-state index is 10.7. The Kier molecular flexibility index (Phi) is 2.29. The lowest BCUT2D eigenvalue weighted by Crippen LogP contribution is -2.30. The topological polar surface area (TPSA) is 52.3 Å². The monoisotopic (exact) mass is 155 g/mol. The highest BCUT2D eigenvalue weighted by Gasteiger charge is 2.21. The van der Waals surface area contributed by atoms with Crippen LogP contribution in [0, 0.1) is 0 Å². The predicted octanol–water partition coefficient (Wildman–Crippen LogP) is 0.595. The van der Waals surface area contributed by atoms with Crippen molar-refractivity contribution < 1.29 is 9.53 Å². The van der Waals surface area contributed by atoms with Crippen molar-refractivity contribution in [2.45, 2.75) is 32.5 Å². The second kappa shape index (κ2) is 3.05. The highest BCUT2D eigenvalue weighted by atomic mass is 16.5. The summed E-state index contributed by atoms with van der Waals surface area (Å²) in [4.78, 5) is 10.7. The first-order valence-electron chi connectivity index (χ1n) is 3.76. The Morgan fingerprint density at radius 3 is 2.82 bits per heavy atom. The Hall–Kier alpha value is -0.830. The van der Waals surface area contributed by atoms with Gasteiger partial charge in [0.15, 0.2) is 0 Å². The van der Waals surface area contributed by atoms with Crippen LogP contribution in [0.2, 0.25) is 0 Å². The summed E-state index contributed by atoms with van der Waals surface area (Å²) in [5.74, 6) is -0.371. The number of rotatable bonds is 1. The third-order valence-electron chi connectivity index (χ3n) is 1.83. The fourth-order valence-electron chi connectivity index (χ4n) is 1.24. The van der Waals surface area contributed by atoms with Crippen LogP contribution < -0.4 is 5.73 Å². The van der Waals surface area contributed by atoms with E-state index in [1.807, 2.05) is 19.9 Å². The molecule has 11 heavy (non-hydrogen) atoms. The molecule has 0 aromatic rings. The van der Waals surface area contributed by atoms with Crippen molar-refractivity contribution in [3.63, 3.8) is 0 Å². The molecule has 3 heteroatoms. The molecule has 1 aliphatic rings. The Bertz CT molecular complexity index is 198. The number of carbonyl (C=O) groups excluding carboxylic acids is 1. The Labute approximate surface area is 66.2 Å². The quantitative estimate of drug-likeness (QED) is 0.602. The normalized spacial score (nSPS) is 31.3. The van der Waals surface area contributed by atoms with Crippen molar-refractivity contribution in [3.05, 3.63) is 11.6 Å². The second-order valence-corrected chi connectivity index (χ2v) is 2.85. The van der Waals surface area contributed by atoms with Gasteiger partial charge < -0.3 is 10.5 Å². The summed E-state index contributed by atoms with van der Waals surface area (Å²) in [7, 11) is 0. The van der Waals surface area contributed by atoms with E-state index in [4.69, 9.17) is 10.5 Å². The summed E-state index contributed by atoms with van der Waals surface area (Å²) in [6, 6.07) is 0. The molecule has 1 amide bonds. The summed E-state index contributed by atoms with van der Waals surface area (Å²) in [6.45, 7) is 3.82. The van der Waals surface area contributed by atoms with E-state index in [0.29, 0.717) is 5.57 Å². The molecule has 0 aliphatic carbocycles. The van der Waals surface area contributed by atoms with Gasteiger partial charge in [0.05, 0.1) is 12.2 Å². The summed E-state index contributed by atoms with van der Waals surface area (Å²) < 4.78 is 5.39. The standard InChI is InChI=1S/C8H13NO2/c1-5-3-4-7(8(9)10)6(2)11-5/h4-6H,3H2,1-2H3,(H2,9,10). The van der Waals surface area contributed by atoms with E-state index in [1.165, 1.54) is 0 Å². The van der Waals surface area contributed by atoms with Crippen molar-refractivity contribution in [2.24, 2.45) is 5.73 Å². The number of amides is 1. The molecule has 3 nitrogen and oxygen atoms in total. The third kappa shape index (κ3) is 1.80. The van der Waals surface area contributed by atoms with Gasteiger partial charge in [-0.25, -0.2) is 0 Å². The number of nitrogens with two attached hydrogens (primary N) is 1. The zero-order valence-corrected chi connectivity index (χ0v) is 6.83. The van der Waals surface area contributed by atoms with Gasteiger partial charge in [-0.1, -0.05) is 6.08 Å². The summed E-state index contributed by atoms with van der Waals surface area (Å²) in [6.07, 6.45) is 2.70. The van der Waals surface area contributed by atoms with E-state index >= 15 is 0 Å². The molecular formula is C8H13NO2. The van der Waals surface area contributed by atoms with Crippen molar-refractivity contribution in [3.8, 4) is 0 Å². The number of hydrogen-bond acceptors (Lipinski definition) is 2. The molecule has 0 aromatic heterocycles. The van der Waals surface area contributed by atoms with Crippen LogP contribution in [0.25, 0.3) is 0 Å².